The molecule has 0 spiro atoms. The van der Waals surface area contributed by atoms with Gasteiger partial charge in [0.05, 0.1) is 18.2 Å². The normalized spacial score (nSPS) is 37.5. The minimum Gasteiger partial charge on any atom is -0.375 e. The molecule has 0 amide bonds. The van der Waals surface area contributed by atoms with Crippen LogP contribution in [0.2, 0.25) is 0 Å². The van der Waals surface area contributed by atoms with Gasteiger partial charge in [-0.1, -0.05) is 43.7 Å². The predicted octanol–water partition coefficient (Wildman–Crippen LogP) is 2.69. The molecule has 3 rings (SSSR count). The Bertz CT molecular complexity index is 376. The largest absolute Gasteiger partial charge is 0.375 e. The Kier molecular flexibility index (Phi) is 2.93. The summed E-state index contributed by atoms with van der Waals surface area (Å²) in [5, 5.41) is 3.78. The van der Waals surface area contributed by atoms with Crippen LogP contribution in [0.25, 0.3) is 0 Å². The highest BCUT2D eigenvalue weighted by molar-refractivity contribution is 5.29. The zero-order chi connectivity index (χ0) is 11.7. The number of fused-ring (bicyclic) bond motifs is 1. The average molecular weight is 231 g/mol. The smallest absolute Gasteiger partial charge is 0.0801 e. The van der Waals surface area contributed by atoms with Crippen molar-refractivity contribution in [3.8, 4) is 0 Å². The van der Waals surface area contributed by atoms with E-state index in [0.717, 1.165) is 13.2 Å². The van der Waals surface area contributed by atoms with Crippen molar-refractivity contribution in [2.45, 2.75) is 37.8 Å². The second-order valence-electron chi connectivity index (χ2n) is 5.35. The molecule has 17 heavy (non-hydrogen) atoms. The molecule has 1 aliphatic carbocycles. The Balaban J connectivity index is 2.04. The van der Waals surface area contributed by atoms with Crippen LogP contribution in [0.15, 0.2) is 30.3 Å². The van der Waals surface area contributed by atoms with Gasteiger partial charge in [0.2, 0.25) is 0 Å². The van der Waals surface area contributed by atoms with Crippen LogP contribution in [0.3, 0.4) is 0 Å². The topological polar surface area (TPSA) is 21.3 Å². The summed E-state index contributed by atoms with van der Waals surface area (Å²) in [6, 6.07) is 10.9. The molecular weight excluding hydrogens is 210 g/mol. The average Bonchev–Trinajstić information content (AvgIpc) is 2.40. The van der Waals surface area contributed by atoms with E-state index in [1.807, 2.05) is 0 Å². The maximum absolute atomic E-state index is 6.05. The molecule has 2 heteroatoms. The van der Waals surface area contributed by atoms with Gasteiger partial charge in [-0.15, -0.1) is 0 Å². The number of hydrogen-bond acceptors (Lipinski definition) is 2. The van der Waals surface area contributed by atoms with Crippen LogP contribution in [-0.4, -0.2) is 19.3 Å². The fraction of sp³-hybridized carbons (Fsp3) is 0.600. The lowest BCUT2D eigenvalue weighted by Gasteiger charge is -2.52. The van der Waals surface area contributed by atoms with Gasteiger partial charge in [-0.05, 0) is 24.3 Å². The first kappa shape index (κ1) is 11.2. The first-order chi connectivity index (χ1) is 8.34. The summed E-state index contributed by atoms with van der Waals surface area (Å²) in [6.45, 7) is 4.18. The molecule has 1 aromatic carbocycles. The van der Waals surface area contributed by atoms with Crippen molar-refractivity contribution >= 4 is 0 Å². The molecule has 3 atom stereocenters. The summed E-state index contributed by atoms with van der Waals surface area (Å²) in [4.78, 5) is 0. The fourth-order valence-corrected chi connectivity index (χ4v) is 3.63. The van der Waals surface area contributed by atoms with Crippen molar-refractivity contribution in [2.24, 2.45) is 5.92 Å². The van der Waals surface area contributed by atoms with Crippen molar-refractivity contribution in [1.82, 2.24) is 5.32 Å². The third kappa shape index (κ3) is 1.71. The van der Waals surface area contributed by atoms with E-state index in [0.29, 0.717) is 12.0 Å². The zero-order valence-electron chi connectivity index (χ0n) is 10.5. The van der Waals surface area contributed by atoms with Crippen LogP contribution in [-0.2, 0) is 10.3 Å². The number of benzene rings is 1. The number of morpholine rings is 1. The van der Waals surface area contributed by atoms with E-state index in [2.05, 4.69) is 42.6 Å². The fourth-order valence-electron chi connectivity index (χ4n) is 3.63. The van der Waals surface area contributed by atoms with E-state index in [1.165, 1.54) is 24.8 Å². The lowest BCUT2D eigenvalue weighted by molar-refractivity contribution is -0.0977. The molecule has 1 aromatic rings. The van der Waals surface area contributed by atoms with Crippen molar-refractivity contribution in [1.29, 1.82) is 0 Å². The summed E-state index contributed by atoms with van der Waals surface area (Å²) >= 11 is 0. The van der Waals surface area contributed by atoms with Gasteiger partial charge in [0.1, 0.15) is 0 Å². The van der Waals surface area contributed by atoms with Gasteiger partial charge in [0.15, 0.2) is 0 Å². The molecule has 0 bridgehead atoms. The van der Waals surface area contributed by atoms with Gasteiger partial charge < -0.3 is 10.1 Å². The molecule has 1 aliphatic heterocycles. The maximum atomic E-state index is 6.05. The quantitative estimate of drug-likeness (QED) is 0.802. The van der Waals surface area contributed by atoms with E-state index < -0.39 is 0 Å². The maximum Gasteiger partial charge on any atom is 0.0801 e. The van der Waals surface area contributed by atoms with E-state index >= 15 is 0 Å². The molecular formula is C15H21NO. The third-order valence-electron chi connectivity index (χ3n) is 4.48. The Hall–Kier alpha value is -0.860. The SMILES string of the molecule is CC1CCCC2OCCNC12c1ccccc1. The van der Waals surface area contributed by atoms with Crippen LogP contribution in [0.5, 0.6) is 0 Å². The van der Waals surface area contributed by atoms with Crippen LogP contribution < -0.4 is 5.32 Å². The van der Waals surface area contributed by atoms with Gasteiger partial charge in [0.25, 0.3) is 0 Å². The molecule has 2 fully saturated rings. The second-order valence-corrected chi connectivity index (χ2v) is 5.35. The molecule has 2 nitrogen and oxygen atoms in total. The van der Waals surface area contributed by atoms with Crippen molar-refractivity contribution in [3.05, 3.63) is 35.9 Å². The zero-order valence-corrected chi connectivity index (χ0v) is 10.5. The lowest BCUT2D eigenvalue weighted by Crippen LogP contribution is -2.62. The van der Waals surface area contributed by atoms with Crippen molar-refractivity contribution in [2.75, 3.05) is 13.2 Å². The van der Waals surface area contributed by atoms with Gasteiger partial charge in [-0.25, -0.2) is 0 Å². The minimum absolute atomic E-state index is 0.0533. The number of ether oxygens (including phenoxy) is 1. The van der Waals surface area contributed by atoms with Gasteiger partial charge in [0, 0.05) is 6.54 Å². The number of nitrogens with one attached hydrogen (secondary N) is 1. The van der Waals surface area contributed by atoms with Crippen LogP contribution in [0.4, 0.5) is 0 Å². The summed E-state index contributed by atoms with van der Waals surface area (Å²) in [5.74, 6) is 0.643. The van der Waals surface area contributed by atoms with Gasteiger partial charge in [-0.2, -0.15) is 0 Å². The summed E-state index contributed by atoms with van der Waals surface area (Å²) in [5.41, 5.74) is 1.45. The summed E-state index contributed by atoms with van der Waals surface area (Å²) in [7, 11) is 0. The van der Waals surface area contributed by atoms with Crippen LogP contribution >= 0.6 is 0 Å². The van der Waals surface area contributed by atoms with Gasteiger partial charge >= 0.3 is 0 Å². The summed E-state index contributed by atoms with van der Waals surface area (Å²) in [6.07, 6.45) is 4.12. The lowest BCUT2D eigenvalue weighted by atomic mass is 9.67. The molecule has 1 saturated carbocycles. The molecule has 3 unspecified atom stereocenters. The molecule has 0 aromatic heterocycles. The number of hydrogen-bond donors (Lipinski definition) is 1. The van der Waals surface area contributed by atoms with E-state index in [4.69, 9.17) is 4.74 Å². The predicted molar refractivity (Wildman–Crippen MR) is 68.9 cm³/mol. The Morgan fingerprint density at radius 2 is 2.06 bits per heavy atom. The molecule has 2 aliphatic rings. The molecule has 1 saturated heterocycles. The highest BCUT2D eigenvalue weighted by Gasteiger charge is 2.48. The third-order valence-corrected chi connectivity index (χ3v) is 4.48. The Labute approximate surface area is 103 Å². The van der Waals surface area contributed by atoms with Crippen LogP contribution in [0.1, 0.15) is 31.7 Å². The monoisotopic (exact) mass is 231 g/mol. The number of rotatable bonds is 1. The van der Waals surface area contributed by atoms with Crippen LogP contribution in [0, 0.1) is 5.92 Å². The Morgan fingerprint density at radius 3 is 2.88 bits per heavy atom. The highest BCUT2D eigenvalue weighted by atomic mass is 16.5. The second kappa shape index (κ2) is 4.43. The standard InChI is InChI=1S/C15H21NO/c1-12-6-5-9-14-15(12,16-10-11-17-14)13-7-3-2-4-8-13/h2-4,7-8,12,14,16H,5-6,9-11H2,1H3. The molecule has 92 valence electrons. The molecule has 0 radical (unpaired) electrons. The van der Waals surface area contributed by atoms with E-state index in [-0.39, 0.29) is 5.54 Å². The molecule has 1 heterocycles. The van der Waals surface area contributed by atoms with Crippen molar-refractivity contribution < 1.29 is 4.74 Å². The van der Waals surface area contributed by atoms with E-state index in [1.54, 1.807) is 0 Å². The molecule has 1 N–H and O–H groups in total. The minimum atomic E-state index is 0.0533. The van der Waals surface area contributed by atoms with Gasteiger partial charge in [-0.3, -0.25) is 0 Å². The first-order valence-electron chi connectivity index (χ1n) is 6.76. The van der Waals surface area contributed by atoms with Crippen molar-refractivity contribution in [3.63, 3.8) is 0 Å². The Morgan fingerprint density at radius 1 is 1.24 bits per heavy atom. The first-order valence-corrected chi connectivity index (χ1v) is 6.76. The summed E-state index contributed by atoms with van der Waals surface area (Å²) < 4.78 is 6.05. The van der Waals surface area contributed by atoms with E-state index in [9.17, 15) is 0 Å². The highest BCUT2D eigenvalue weighted by Crippen LogP contribution is 2.44.